The summed E-state index contributed by atoms with van der Waals surface area (Å²) >= 11 is 0. The molecule has 1 aromatic carbocycles. The van der Waals surface area contributed by atoms with Crippen molar-refractivity contribution in [1.82, 2.24) is 9.80 Å². The predicted octanol–water partition coefficient (Wildman–Crippen LogP) is 1.81. The van der Waals surface area contributed by atoms with Gasteiger partial charge in [0, 0.05) is 58.2 Å². The van der Waals surface area contributed by atoms with E-state index in [2.05, 4.69) is 21.9 Å². The van der Waals surface area contributed by atoms with Crippen LogP contribution in [-0.4, -0.2) is 55.7 Å². The summed E-state index contributed by atoms with van der Waals surface area (Å²) in [5.74, 6) is 0.847. The van der Waals surface area contributed by atoms with Gasteiger partial charge in [-0.05, 0) is 36.5 Å². The molecule has 2 aliphatic heterocycles. The topological polar surface area (TPSA) is 41.7 Å². The molecule has 116 valence electrons. The molecule has 3 rings (SSSR count). The largest absolute Gasteiger partial charge is 0.399 e. The van der Waals surface area contributed by atoms with Crippen LogP contribution in [0.3, 0.4) is 0 Å². The van der Waals surface area contributed by atoms with Gasteiger partial charge in [0.1, 0.15) is 0 Å². The first-order chi connectivity index (χ1) is 10.3. The van der Waals surface area contributed by atoms with Gasteiger partial charge in [0.25, 0.3) is 0 Å². The summed E-state index contributed by atoms with van der Waals surface area (Å²) in [6.07, 6.45) is 2.48. The van der Waals surface area contributed by atoms with E-state index >= 15 is 0 Å². The Balaban J connectivity index is 1.42. The molecule has 0 radical (unpaired) electrons. The second-order valence-corrected chi connectivity index (χ2v) is 6.38. The van der Waals surface area contributed by atoms with E-state index in [0.717, 1.165) is 44.5 Å². The van der Waals surface area contributed by atoms with Crippen LogP contribution in [0.1, 0.15) is 18.4 Å². The van der Waals surface area contributed by atoms with Crippen LogP contribution in [0.5, 0.6) is 0 Å². The lowest BCUT2D eigenvalue weighted by Gasteiger charge is -2.37. The maximum Gasteiger partial charge on any atom is 0.0469 e. The average Bonchev–Trinajstić information content (AvgIpc) is 2.50. The standard InChI is InChI=1S/C17H27N3O/c18-17-3-1-2-16(12-17)14-20-8-6-19(7-9-20)13-15-4-10-21-11-5-15/h1-3,12,15H,4-11,13-14,18H2. The summed E-state index contributed by atoms with van der Waals surface area (Å²) in [7, 11) is 0. The van der Waals surface area contributed by atoms with E-state index in [4.69, 9.17) is 10.5 Å². The van der Waals surface area contributed by atoms with Crippen LogP contribution in [0, 0.1) is 5.92 Å². The highest BCUT2D eigenvalue weighted by atomic mass is 16.5. The van der Waals surface area contributed by atoms with Crippen LogP contribution < -0.4 is 5.73 Å². The molecule has 2 saturated heterocycles. The predicted molar refractivity (Wildman–Crippen MR) is 86.1 cm³/mol. The van der Waals surface area contributed by atoms with Gasteiger partial charge >= 0.3 is 0 Å². The van der Waals surface area contributed by atoms with Crippen molar-refractivity contribution in [3.63, 3.8) is 0 Å². The van der Waals surface area contributed by atoms with E-state index in [0.29, 0.717) is 0 Å². The van der Waals surface area contributed by atoms with Gasteiger partial charge in [0.05, 0.1) is 0 Å². The molecule has 21 heavy (non-hydrogen) atoms. The molecule has 0 unspecified atom stereocenters. The molecule has 1 aromatic rings. The van der Waals surface area contributed by atoms with Gasteiger partial charge in [0.2, 0.25) is 0 Å². The minimum absolute atomic E-state index is 0.847. The molecule has 0 spiro atoms. The maximum atomic E-state index is 5.85. The van der Waals surface area contributed by atoms with Gasteiger partial charge in [0.15, 0.2) is 0 Å². The van der Waals surface area contributed by atoms with Crippen LogP contribution in [0.2, 0.25) is 0 Å². The van der Waals surface area contributed by atoms with Crippen molar-refractivity contribution in [2.45, 2.75) is 19.4 Å². The van der Waals surface area contributed by atoms with Crippen molar-refractivity contribution in [3.8, 4) is 0 Å². The highest BCUT2D eigenvalue weighted by Gasteiger charge is 2.21. The average molecular weight is 289 g/mol. The van der Waals surface area contributed by atoms with E-state index < -0.39 is 0 Å². The normalized spacial score (nSPS) is 22.5. The Morgan fingerprint density at radius 2 is 1.76 bits per heavy atom. The van der Waals surface area contributed by atoms with E-state index in [9.17, 15) is 0 Å². The van der Waals surface area contributed by atoms with E-state index in [1.165, 1.54) is 38.0 Å². The monoisotopic (exact) mass is 289 g/mol. The Morgan fingerprint density at radius 1 is 1.05 bits per heavy atom. The molecule has 0 bridgehead atoms. The highest BCUT2D eigenvalue weighted by Crippen LogP contribution is 2.18. The number of ether oxygens (including phenoxy) is 1. The molecule has 2 fully saturated rings. The maximum absolute atomic E-state index is 5.85. The smallest absolute Gasteiger partial charge is 0.0469 e. The van der Waals surface area contributed by atoms with Crippen LogP contribution >= 0.6 is 0 Å². The molecule has 2 aliphatic rings. The third-order valence-corrected chi connectivity index (χ3v) is 4.68. The van der Waals surface area contributed by atoms with E-state index in [1.807, 2.05) is 12.1 Å². The third-order valence-electron chi connectivity index (χ3n) is 4.68. The molecule has 2 heterocycles. The lowest BCUT2D eigenvalue weighted by molar-refractivity contribution is 0.0415. The first kappa shape index (κ1) is 14.8. The number of nitrogens with two attached hydrogens (primary N) is 1. The van der Waals surface area contributed by atoms with Crippen molar-refractivity contribution in [1.29, 1.82) is 0 Å². The second-order valence-electron chi connectivity index (χ2n) is 6.38. The summed E-state index contributed by atoms with van der Waals surface area (Å²) in [4.78, 5) is 5.17. The number of nitrogen functional groups attached to an aromatic ring is 1. The number of hydrogen-bond acceptors (Lipinski definition) is 4. The molecule has 0 aromatic heterocycles. The fourth-order valence-corrected chi connectivity index (χ4v) is 3.37. The number of nitrogens with zero attached hydrogens (tertiary/aromatic N) is 2. The molecule has 0 amide bonds. The fourth-order valence-electron chi connectivity index (χ4n) is 3.37. The van der Waals surface area contributed by atoms with Gasteiger partial charge < -0.3 is 15.4 Å². The van der Waals surface area contributed by atoms with Gasteiger partial charge in [-0.25, -0.2) is 0 Å². The Hall–Kier alpha value is -1.10. The Bertz CT molecular complexity index is 437. The zero-order chi connectivity index (χ0) is 14.5. The summed E-state index contributed by atoms with van der Waals surface area (Å²) < 4.78 is 5.44. The fraction of sp³-hybridized carbons (Fsp3) is 0.647. The van der Waals surface area contributed by atoms with Gasteiger partial charge in [-0.2, -0.15) is 0 Å². The van der Waals surface area contributed by atoms with Crippen molar-refractivity contribution in [2.75, 3.05) is 51.7 Å². The van der Waals surface area contributed by atoms with Crippen molar-refractivity contribution >= 4 is 5.69 Å². The van der Waals surface area contributed by atoms with Crippen molar-refractivity contribution < 1.29 is 4.74 Å². The highest BCUT2D eigenvalue weighted by molar-refractivity contribution is 5.40. The van der Waals surface area contributed by atoms with E-state index in [1.54, 1.807) is 0 Å². The van der Waals surface area contributed by atoms with Crippen LogP contribution in [0.25, 0.3) is 0 Å². The lowest BCUT2D eigenvalue weighted by atomic mass is 9.99. The first-order valence-electron chi connectivity index (χ1n) is 8.16. The first-order valence-corrected chi connectivity index (χ1v) is 8.16. The number of hydrogen-bond donors (Lipinski definition) is 1. The molecular formula is C17H27N3O. The molecule has 0 saturated carbocycles. The van der Waals surface area contributed by atoms with Gasteiger partial charge in [-0.15, -0.1) is 0 Å². The minimum Gasteiger partial charge on any atom is -0.399 e. The van der Waals surface area contributed by atoms with E-state index in [-0.39, 0.29) is 0 Å². The van der Waals surface area contributed by atoms with Crippen molar-refractivity contribution in [2.24, 2.45) is 5.92 Å². The zero-order valence-electron chi connectivity index (χ0n) is 12.8. The molecule has 2 N–H and O–H groups in total. The number of rotatable bonds is 4. The third kappa shape index (κ3) is 4.43. The molecule has 0 atom stereocenters. The van der Waals surface area contributed by atoms with Crippen LogP contribution in [-0.2, 0) is 11.3 Å². The molecule has 4 nitrogen and oxygen atoms in total. The second kappa shape index (κ2) is 7.25. The Labute approximate surface area is 127 Å². The van der Waals surface area contributed by atoms with Crippen LogP contribution in [0.4, 0.5) is 5.69 Å². The van der Waals surface area contributed by atoms with Gasteiger partial charge in [-0.1, -0.05) is 12.1 Å². The summed E-state index contributed by atoms with van der Waals surface area (Å²) in [5.41, 5.74) is 8.05. The summed E-state index contributed by atoms with van der Waals surface area (Å²) in [6, 6.07) is 8.26. The Kier molecular flexibility index (Phi) is 5.12. The SMILES string of the molecule is Nc1cccc(CN2CCN(CC3CCOCC3)CC2)c1. The number of anilines is 1. The zero-order valence-corrected chi connectivity index (χ0v) is 12.8. The van der Waals surface area contributed by atoms with Gasteiger partial charge in [-0.3, -0.25) is 4.90 Å². The van der Waals surface area contributed by atoms with Crippen LogP contribution in [0.15, 0.2) is 24.3 Å². The van der Waals surface area contributed by atoms with Crippen molar-refractivity contribution in [3.05, 3.63) is 29.8 Å². The lowest BCUT2D eigenvalue weighted by Crippen LogP contribution is -2.47. The summed E-state index contributed by atoms with van der Waals surface area (Å²) in [5, 5.41) is 0. The molecular weight excluding hydrogens is 262 g/mol. The minimum atomic E-state index is 0.847. The molecule has 4 heteroatoms. The number of piperazine rings is 1. The molecule has 0 aliphatic carbocycles. The summed E-state index contributed by atoms with van der Waals surface area (Å²) in [6.45, 7) is 8.92. The number of benzene rings is 1. The quantitative estimate of drug-likeness (QED) is 0.859. The Morgan fingerprint density at radius 3 is 2.48 bits per heavy atom.